The van der Waals surface area contributed by atoms with E-state index in [-0.39, 0.29) is 17.3 Å². The molecule has 162 valence electrons. The van der Waals surface area contributed by atoms with Crippen molar-refractivity contribution >= 4 is 11.9 Å². The van der Waals surface area contributed by atoms with Gasteiger partial charge in [-0.15, -0.1) is 0 Å². The van der Waals surface area contributed by atoms with Gasteiger partial charge in [0.05, 0.1) is 6.61 Å². The molecule has 0 N–H and O–H groups in total. The second kappa shape index (κ2) is 8.01. The second-order valence-electron chi connectivity index (χ2n) is 10.3. The number of ether oxygens (including phenoxy) is 2. The first-order valence-electron chi connectivity index (χ1n) is 12.0. The highest BCUT2D eigenvalue weighted by atomic mass is 16.7. The number of hydrogen-bond donors (Lipinski definition) is 0. The Morgan fingerprint density at radius 2 is 1.90 bits per heavy atom. The molecule has 0 aromatic rings. The first kappa shape index (κ1) is 20.1. The molecule has 0 spiro atoms. The van der Waals surface area contributed by atoms with Crippen molar-refractivity contribution in [1.29, 1.82) is 0 Å². The van der Waals surface area contributed by atoms with Crippen LogP contribution < -0.4 is 0 Å². The number of rotatable bonds is 3. The van der Waals surface area contributed by atoms with Crippen molar-refractivity contribution in [3.8, 4) is 0 Å². The summed E-state index contributed by atoms with van der Waals surface area (Å²) < 4.78 is 11.4. The van der Waals surface area contributed by atoms with Gasteiger partial charge in [-0.25, -0.2) is 4.79 Å². The lowest BCUT2D eigenvalue weighted by atomic mass is 9.60. The highest BCUT2D eigenvalue weighted by Crippen LogP contribution is 2.58. The number of carbonyl (C=O) groups is 2. The van der Waals surface area contributed by atoms with Gasteiger partial charge >= 0.3 is 6.16 Å². The third-order valence-corrected chi connectivity index (χ3v) is 8.56. The number of hydrogen-bond acceptors (Lipinski definition) is 4. The molecule has 0 aromatic carbocycles. The monoisotopic (exact) mass is 410 g/mol. The lowest BCUT2D eigenvalue weighted by Crippen LogP contribution is -2.41. The van der Waals surface area contributed by atoms with Crippen molar-refractivity contribution in [2.45, 2.75) is 83.7 Å². The zero-order valence-corrected chi connectivity index (χ0v) is 18.2. The van der Waals surface area contributed by atoms with Crippen molar-refractivity contribution in [3.05, 3.63) is 34.9 Å². The largest absolute Gasteiger partial charge is 0.508 e. The molecule has 0 heterocycles. The maximum atomic E-state index is 12.4. The molecule has 4 nitrogen and oxygen atoms in total. The summed E-state index contributed by atoms with van der Waals surface area (Å²) in [6.45, 7) is 2.77. The number of allylic oxidation sites excluding steroid dienone is 5. The Kier molecular flexibility index (Phi) is 5.37. The smallest absolute Gasteiger partial charge is 0.434 e. The Hall–Kier alpha value is -1.84. The molecule has 0 unspecified atom stereocenters. The Morgan fingerprint density at radius 1 is 1.07 bits per heavy atom. The van der Waals surface area contributed by atoms with Crippen molar-refractivity contribution in [1.82, 2.24) is 0 Å². The van der Waals surface area contributed by atoms with Crippen LogP contribution in [0.25, 0.3) is 0 Å². The van der Waals surface area contributed by atoms with E-state index in [1.54, 1.807) is 0 Å². The normalized spacial score (nSPS) is 36.0. The van der Waals surface area contributed by atoms with E-state index in [0.717, 1.165) is 32.1 Å². The third-order valence-electron chi connectivity index (χ3n) is 8.56. The van der Waals surface area contributed by atoms with Gasteiger partial charge in [0.15, 0.2) is 5.78 Å². The number of ketones is 1. The highest BCUT2D eigenvalue weighted by Gasteiger charge is 2.53. The fourth-order valence-electron chi connectivity index (χ4n) is 6.85. The Bertz CT molecular complexity index is 813. The van der Waals surface area contributed by atoms with Gasteiger partial charge in [-0.2, -0.15) is 0 Å². The summed E-state index contributed by atoms with van der Waals surface area (Å²) in [5.41, 5.74) is 4.01. The van der Waals surface area contributed by atoms with Crippen LogP contribution in [0.5, 0.6) is 0 Å². The number of fused-ring (bicyclic) bond motifs is 4. The highest BCUT2D eigenvalue weighted by molar-refractivity contribution is 5.93. The molecule has 2 saturated carbocycles. The molecule has 0 saturated heterocycles. The van der Waals surface area contributed by atoms with E-state index in [2.05, 4.69) is 19.1 Å². The molecule has 0 bridgehead atoms. The van der Waals surface area contributed by atoms with Crippen LogP contribution in [0.4, 0.5) is 4.79 Å². The first-order chi connectivity index (χ1) is 14.5. The molecule has 30 heavy (non-hydrogen) atoms. The fraction of sp³-hybridized carbons (Fsp3) is 0.692. The average Bonchev–Trinajstić information content (AvgIpc) is 3.09. The summed E-state index contributed by atoms with van der Waals surface area (Å²) in [6, 6.07) is 0. The molecule has 4 heteroatoms. The van der Waals surface area contributed by atoms with E-state index in [9.17, 15) is 9.59 Å². The standard InChI is InChI=1S/C26H34O4/c1-26-14-13-21-20-10-8-19(27)15-18(20)7-9-22(21)23(26)11-12-24(26)30-25(28)29-16-17-5-3-2-4-6-17/h13-15,17,22-24H,2-12,16H2,1H3/t22-,23-,24+,26-/m0/s1. The van der Waals surface area contributed by atoms with Gasteiger partial charge < -0.3 is 9.47 Å². The summed E-state index contributed by atoms with van der Waals surface area (Å²) in [7, 11) is 0. The van der Waals surface area contributed by atoms with Crippen LogP contribution in [0.15, 0.2) is 34.9 Å². The van der Waals surface area contributed by atoms with Crippen LogP contribution >= 0.6 is 0 Å². The van der Waals surface area contributed by atoms with E-state index in [4.69, 9.17) is 9.47 Å². The molecule has 5 aliphatic carbocycles. The lowest BCUT2D eigenvalue weighted by Gasteiger charge is -2.45. The van der Waals surface area contributed by atoms with Gasteiger partial charge in [0.25, 0.3) is 0 Å². The summed E-state index contributed by atoms with van der Waals surface area (Å²) in [5, 5.41) is 0. The maximum Gasteiger partial charge on any atom is 0.508 e. The minimum Gasteiger partial charge on any atom is -0.434 e. The summed E-state index contributed by atoms with van der Waals surface area (Å²) in [6.07, 6.45) is 17.6. The molecule has 4 atom stereocenters. The Morgan fingerprint density at radius 3 is 2.73 bits per heavy atom. The molecule has 5 rings (SSSR count). The van der Waals surface area contributed by atoms with E-state index in [1.807, 2.05) is 6.08 Å². The lowest BCUT2D eigenvalue weighted by molar-refractivity contribution is -0.114. The van der Waals surface area contributed by atoms with E-state index >= 15 is 0 Å². The second-order valence-corrected chi connectivity index (χ2v) is 10.3. The number of carbonyl (C=O) groups excluding carboxylic acids is 2. The predicted molar refractivity (Wildman–Crippen MR) is 115 cm³/mol. The van der Waals surface area contributed by atoms with Gasteiger partial charge in [0, 0.05) is 11.8 Å². The van der Waals surface area contributed by atoms with Crippen molar-refractivity contribution < 1.29 is 19.1 Å². The van der Waals surface area contributed by atoms with Gasteiger partial charge in [-0.3, -0.25) is 4.79 Å². The van der Waals surface area contributed by atoms with Gasteiger partial charge in [0.2, 0.25) is 0 Å². The van der Waals surface area contributed by atoms with Crippen LogP contribution in [0.2, 0.25) is 0 Å². The van der Waals surface area contributed by atoms with E-state index < -0.39 is 6.16 Å². The van der Waals surface area contributed by atoms with E-state index in [0.29, 0.717) is 30.8 Å². The fourth-order valence-corrected chi connectivity index (χ4v) is 6.85. The van der Waals surface area contributed by atoms with Gasteiger partial charge in [0.1, 0.15) is 6.10 Å². The molecule has 0 amide bonds. The Balaban J connectivity index is 1.28. The van der Waals surface area contributed by atoms with Crippen molar-refractivity contribution in [3.63, 3.8) is 0 Å². The minimum absolute atomic E-state index is 0.103. The molecular weight excluding hydrogens is 376 g/mol. The molecular formula is C26H34O4. The van der Waals surface area contributed by atoms with Crippen LogP contribution in [0, 0.1) is 23.2 Å². The van der Waals surface area contributed by atoms with Crippen molar-refractivity contribution in [2.75, 3.05) is 6.61 Å². The Labute approximate surface area is 179 Å². The minimum atomic E-state index is -0.482. The molecule has 5 aliphatic rings. The van der Waals surface area contributed by atoms with Crippen LogP contribution in [0.1, 0.15) is 77.6 Å². The molecule has 0 aromatic heterocycles. The topological polar surface area (TPSA) is 52.6 Å². The summed E-state index contributed by atoms with van der Waals surface area (Å²) in [5.74, 6) is 1.81. The first-order valence-corrected chi connectivity index (χ1v) is 12.0. The van der Waals surface area contributed by atoms with Gasteiger partial charge in [-0.1, -0.05) is 38.3 Å². The van der Waals surface area contributed by atoms with Crippen LogP contribution in [-0.4, -0.2) is 24.6 Å². The van der Waals surface area contributed by atoms with Crippen LogP contribution in [0.3, 0.4) is 0 Å². The van der Waals surface area contributed by atoms with Crippen molar-refractivity contribution in [2.24, 2.45) is 23.2 Å². The van der Waals surface area contributed by atoms with Crippen LogP contribution in [-0.2, 0) is 14.3 Å². The zero-order valence-electron chi connectivity index (χ0n) is 18.2. The average molecular weight is 411 g/mol. The summed E-state index contributed by atoms with van der Waals surface area (Å²) in [4.78, 5) is 24.3. The summed E-state index contributed by atoms with van der Waals surface area (Å²) >= 11 is 0. The quantitative estimate of drug-likeness (QED) is 0.530. The maximum absolute atomic E-state index is 12.4. The SMILES string of the molecule is C[C@]12C=CC3=C4CCC(=O)C=C4CC[C@@H]3[C@@H]1CC[C@H]2OC(=O)OCC1CCCCC1. The molecule has 2 fully saturated rings. The zero-order chi connectivity index (χ0) is 20.7. The van der Waals surface area contributed by atoms with Gasteiger partial charge in [-0.05, 0) is 85.5 Å². The third kappa shape index (κ3) is 3.56. The predicted octanol–water partition coefficient (Wildman–Crippen LogP) is 6.07. The van der Waals surface area contributed by atoms with E-state index in [1.165, 1.54) is 48.8 Å². The molecule has 0 aliphatic heterocycles. The molecule has 0 radical (unpaired) electrons.